The monoisotopic (exact) mass is 494 g/mol. The molecule has 2 atom stereocenters. The number of carbonyl (C=O) groups is 2. The maximum Gasteiger partial charge on any atom is 0.304 e. The first kappa shape index (κ1) is 24.1. The number of ether oxygens (including phenoxy) is 3. The molecule has 8 nitrogen and oxygen atoms in total. The Hall–Kier alpha value is -4.04. The van der Waals surface area contributed by atoms with Crippen LogP contribution in [0, 0.1) is 0 Å². The minimum absolute atomic E-state index is 0.343. The van der Waals surface area contributed by atoms with Gasteiger partial charge in [0.25, 0.3) is 5.91 Å². The second kappa shape index (κ2) is 10.5. The van der Waals surface area contributed by atoms with Gasteiger partial charge in [0.15, 0.2) is 17.5 Å². The third-order valence-corrected chi connectivity index (χ3v) is 5.94. The second-order valence-electron chi connectivity index (χ2n) is 7.80. The van der Waals surface area contributed by atoms with Gasteiger partial charge < -0.3 is 19.5 Å². The summed E-state index contributed by atoms with van der Waals surface area (Å²) in [5, 5.41) is 3.39. The van der Waals surface area contributed by atoms with Crippen LogP contribution in [-0.4, -0.2) is 50.1 Å². The van der Waals surface area contributed by atoms with E-state index in [2.05, 4.69) is 10.7 Å². The SMILES string of the molecule is COc1ccc([C@@H]2[C@@H](NC(=O)c3ccc(Cl)cc3)C(=O)N/[N+]2=C\c2ccc(OC)c(OC)c2)cc1. The van der Waals surface area contributed by atoms with Gasteiger partial charge in [-0.1, -0.05) is 11.6 Å². The molecule has 35 heavy (non-hydrogen) atoms. The summed E-state index contributed by atoms with van der Waals surface area (Å²) >= 11 is 5.94. The zero-order valence-electron chi connectivity index (χ0n) is 19.4. The van der Waals surface area contributed by atoms with Crippen LogP contribution in [0.5, 0.6) is 17.2 Å². The smallest absolute Gasteiger partial charge is 0.304 e. The number of carbonyl (C=O) groups excluding carboxylic acids is 2. The minimum atomic E-state index is -0.858. The van der Waals surface area contributed by atoms with Crippen LogP contribution in [0.2, 0.25) is 5.02 Å². The van der Waals surface area contributed by atoms with E-state index in [4.69, 9.17) is 25.8 Å². The Bertz CT molecular complexity index is 1260. The molecule has 0 aromatic heterocycles. The van der Waals surface area contributed by atoms with Gasteiger partial charge in [-0.2, -0.15) is 0 Å². The van der Waals surface area contributed by atoms with Crippen molar-refractivity contribution >= 4 is 29.6 Å². The lowest BCUT2D eigenvalue weighted by molar-refractivity contribution is -0.596. The number of amides is 2. The Morgan fingerprint density at radius 2 is 1.63 bits per heavy atom. The number of nitrogens with one attached hydrogen (secondary N) is 2. The van der Waals surface area contributed by atoms with Crippen LogP contribution in [0.3, 0.4) is 0 Å². The lowest BCUT2D eigenvalue weighted by Gasteiger charge is -2.15. The number of benzene rings is 3. The molecule has 1 heterocycles. The van der Waals surface area contributed by atoms with Crippen molar-refractivity contribution in [2.45, 2.75) is 12.1 Å². The first-order valence-electron chi connectivity index (χ1n) is 10.8. The number of hydrogen-bond acceptors (Lipinski definition) is 5. The van der Waals surface area contributed by atoms with Crippen molar-refractivity contribution in [1.82, 2.24) is 10.7 Å². The highest BCUT2D eigenvalue weighted by Crippen LogP contribution is 2.29. The van der Waals surface area contributed by atoms with Crippen LogP contribution in [0.25, 0.3) is 0 Å². The average Bonchev–Trinajstić information content (AvgIpc) is 3.18. The van der Waals surface area contributed by atoms with Gasteiger partial charge in [-0.25, -0.2) is 0 Å². The molecule has 0 aliphatic carbocycles. The number of halogens is 1. The fourth-order valence-corrected chi connectivity index (χ4v) is 4.03. The van der Waals surface area contributed by atoms with E-state index in [0.29, 0.717) is 27.8 Å². The number of hydrogen-bond donors (Lipinski definition) is 2. The van der Waals surface area contributed by atoms with Crippen LogP contribution in [0.1, 0.15) is 27.5 Å². The van der Waals surface area contributed by atoms with Gasteiger partial charge in [0.05, 0.1) is 21.3 Å². The van der Waals surface area contributed by atoms with E-state index in [1.54, 1.807) is 68.6 Å². The number of rotatable bonds is 7. The van der Waals surface area contributed by atoms with Gasteiger partial charge in [-0.3, -0.25) is 9.59 Å². The van der Waals surface area contributed by atoms with Crippen molar-refractivity contribution in [2.75, 3.05) is 21.3 Å². The van der Waals surface area contributed by atoms with Gasteiger partial charge in [0.2, 0.25) is 12.3 Å². The lowest BCUT2D eigenvalue weighted by Crippen LogP contribution is -2.42. The molecule has 2 amide bonds. The van der Waals surface area contributed by atoms with Crippen molar-refractivity contribution in [3.8, 4) is 17.2 Å². The maximum atomic E-state index is 13.0. The Morgan fingerprint density at radius 3 is 2.26 bits per heavy atom. The van der Waals surface area contributed by atoms with E-state index in [0.717, 1.165) is 11.1 Å². The number of hydrazine groups is 1. The summed E-state index contributed by atoms with van der Waals surface area (Å²) in [5.74, 6) is 1.11. The fraction of sp³-hybridized carbons (Fsp3) is 0.192. The highest BCUT2D eigenvalue weighted by Gasteiger charge is 2.47. The molecule has 1 aliphatic heterocycles. The van der Waals surface area contributed by atoms with Gasteiger partial charge in [-0.05, 0) is 66.7 Å². The second-order valence-corrected chi connectivity index (χ2v) is 8.24. The average molecular weight is 495 g/mol. The Labute approximate surface area is 208 Å². The molecule has 1 fully saturated rings. The van der Waals surface area contributed by atoms with Crippen LogP contribution in [0.4, 0.5) is 0 Å². The zero-order chi connectivity index (χ0) is 24.9. The number of methoxy groups -OCH3 is 3. The lowest BCUT2D eigenvalue weighted by atomic mass is 9.99. The minimum Gasteiger partial charge on any atom is -0.497 e. The Balaban J connectivity index is 1.71. The summed E-state index contributed by atoms with van der Waals surface area (Å²) in [6.45, 7) is 0. The molecule has 4 rings (SSSR count). The molecule has 0 bridgehead atoms. The largest absolute Gasteiger partial charge is 0.497 e. The van der Waals surface area contributed by atoms with E-state index < -0.39 is 12.1 Å². The normalized spacial score (nSPS) is 18.2. The molecule has 9 heteroatoms. The highest BCUT2D eigenvalue weighted by molar-refractivity contribution is 6.30. The summed E-state index contributed by atoms with van der Waals surface area (Å²) in [6, 6.07) is 17.9. The summed E-state index contributed by atoms with van der Waals surface area (Å²) < 4.78 is 17.7. The summed E-state index contributed by atoms with van der Waals surface area (Å²) in [6.07, 6.45) is 1.78. The molecule has 0 unspecified atom stereocenters. The van der Waals surface area contributed by atoms with E-state index in [1.807, 2.05) is 30.3 Å². The summed E-state index contributed by atoms with van der Waals surface area (Å²) in [5.41, 5.74) is 4.84. The van der Waals surface area contributed by atoms with Crippen molar-refractivity contribution in [3.05, 3.63) is 88.4 Å². The molecule has 3 aromatic carbocycles. The van der Waals surface area contributed by atoms with Crippen LogP contribution < -0.4 is 25.0 Å². The third-order valence-electron chi connectivity index (χ3n) is 5.68. The van der Waals surface area contributed by atoms with E-state index in [1.165, 1.54) is 0 Å². The number of hydrazone groups is 1. The van der Waals surface area contributed by atoms with E-state index >= 15 is 0 Å². The highest BCUT2D eigenvalue weighted by atomic mass is 35.5. The van der Waals surface area contributed by atoms with Crippen molar-refractivity contribution in [3.63, 3.8) is 0 Å². The molecule has 1 saturated heterocycles. The predicted octanol–water partition coefficient (Wildman–Crippen LogP) is 3.38. The molecule has 0 saturated carbocycles. The molecule has 180 valence electrons. The third kappa shape index (κ3) is 5.22. The topological polar surface area (TPSA) is 88.9 Å². The Morgan fingerprint density at radius 1 is 0.943 bits per heavy atom. The molecule has 0 spiro atoms. The quantitative estimate of drug-likeness (QED) is 0.492. The first-order valence-corrected chi connectivity index (χ1v) is 11.2. The summed E-state index contributed by atoms with van der Waals surface area (Å²) in [4.78, 5) is 26.0. The van der Waals surface area contributed by atoms with Crippen LogP contribution in [-0.2, 0) is 4.79 Å². The molecular weight excluding hydrogens is 470 g/mol. The Kier molecular flexibility index (Phi) is 7.22. The molecule has 0 radical (unpaired) electrons. The number of nitrogens with zero attached hydrogens (tertiary/aromatic N) is 1. The van der Waals surface area contributed by atoms with Gasteiger partial charge in [-0.15, -0.1) is 10.1 Å². The predicted molar refractivity (Wildman–Crippen MR) is 132 cm³/mol. The van der Waals surface area contributed by atoms with Gasteiger partial charge in [0, 0.05) is 21.7 Å². The maximum absolute atomic E-state index is 13.0. The van der Waals surface area contributed by atoms with Crippen LogP contribution >= 0.6 is 11.6 Å². The molecular formula is C26H25ClN3O5+. The van der Waals surface area contributed by atoms with Gasteiger partial charge >= 0.3 is 5.91 Å². The van der Waals surface area contributed by atoms with E-state index in [-0.39, 0.29) is 11.8 Å². The molecule has 1 aliphatic rings. The first-order chi connectivity index (χ1) is 16.9. The van der Waals surface area contributed by atoms with E-state index in [9.17, 15) is 9.59 Å². The zero-order valence-corrected chi connectivity index (χ0v) is 20.2. The summed E-state index contributed by atoms with van der Waals surface area (Å²) in [7, 11) is 4.71. The molecule has 3 aromatic rings. The fourth-order valence-electron chi connectivity index (χ4n) is 3.90. The van der Waals surface area contributed by atoms with Gasteiger partial charge in [0.1, 0.15) is 5.75 Å². The van der Waals surface area contributed by atoms with Crippen LogP contribution in [0.15, 0.2) is 66.7 Å². The van der Waals surface area contributed by atoms with Crippen molar-refractivity contribution in [2.24, 2.45) is 0 Å². The molecule has 2 N–H and O–H groups in total. The standard InChI is InChI=1S/C26H24ClN3O5/c1-33-20-11-7-17(8-12-20)24-23(28-25(31)18-5-9-19(27)10-6-18)26(32)29-30(24)15-16-4-13-21(34-2)22(14-16)35-3/h4-15,23-24H,1-3H3,(H-,28,29,31,32)/p+1/b30-15-/t23-,24-/m1/s1. The van der Waals surface area contributed by atoms with Crippen molar-refractivity contribution < 1.29 is 28.5 Å². The van der Waals surface area contributed by atoms with Crippen molar-refractivity contribution in [1.29, 1.82) is 0 Å².